The first-order valence-electron chi connectivity index (χ1n) is 13.1. The van der Waals surface area contributed by atoms with E-state index in [4.69, 9.17) is 11.5 Å². The number of hydrogen-bond donors (Lipinski definition) is 3. The van der Waals surface area contributed by atoms with E-state index in [9.17, 15) is 14.4 Å². The minimum Gasteiger partial charge on any atom is -0.366 e. The molecule has 2 heterocycles. The number of nitrogens with zero attached hydrogens (tertiary/aromatic N) is 1. The summed E-state index contributed by atoms with van der Waals surface area (Å²) in [6.45, 7) is 1.73. The quantitative estimate of drug-likeness (QED) is 0.418. The van der Waals surface area contributed by atoms with Gasteiger partial charge in [0.05, 0.1) is 11.5 Å². The van der Waals surface area contributed by atoms with Gasteiger partial charge in [-0.2, -0.15) is 13.5 Å². The van der Waals surface area contributed by atoms with E-state index in [1.165, 1.54) is 32.1 Å². The van der Waals surface area contributed by atoms with Crippen molar-refractivity contribution in [3.05, 3.63) is 57.8 Å². The number of likely N-dealkylation sites (tertiary alicyclic amines) is 1. The number of benzene rings is 1. The van der Waals surface area contributed by atoms with Crippen LogP contribution in [0.1, 0.15) is 65.7 Å². The molecular weight excluding hydrogens is 540 g/mol. The van der Waals surface area contributed by atoms with Gasteiger partial charge in [-0.25, -0.2) is 0 Å². The number of piperidine rings is 1. The van der Waals surface area contributed by atoms with Crippen LogP contribution in [-0.2, 0) is 22.4 Å². The average Bonchev–Trinajstić information content (AvgIpc) is 3.41. The first kappa shape index (κ1) is 32.1. The molecule has 38 heavy (non-hydrogen) atoms. The van der Waals surface area contributed by atoms with Gasteiger partial charge in [0.15, 0.2) is 0 Å². The molecule has 1 aromatic carbocycles. The Labute approximate surface area is 243 Å². The van der Waals surface area contributed by atoms with Crippen molar-refractivity contribution in [2.24, 2.45) is 22.8 Å². The highest BCUT2D eigenvalue weighted by Gasteiger charge is 2.43. The summed E-state index contributed by atoms with van der Waals surface area (Å²) in [6.07, 6.45) is 8.36. The van der Waals surface area contributed by atoms with Gasteiger partial charge >= 0.3 is 0 Å². The number of nitrogens with one attached hydrogen (secondary N) is 1. The van der Waals surface area contributed by atoms with Crippen LogP contribution in [0.5, 0.6) is 0 Å². The Morgan fingerprint density at radius 1 is 1.05 bits per heavy atom. The number of rotatable bonds is 9. The molecule has 0 unspecified atom stereocenters. The normalized spacial score (nSPS) is 18.0. The third kappa shape index (κ3) is 8.21. The third-order valence-electron chi connectivity index (χ3n) is 7.89. The Bertz CT molecular complexity index is 1030. The van der Waals surface area contributed by atoms with Crippen LogP contribution in [-0.4, -0.2) is 48.3 Å². The Morgan fingerprint density at radius 3 is 2.29 bits per heavy atom. The van der Waals surface area contributed by atoms with Crippen LogP contribution < -0.4 is 16.8 Å². The second-order valence-electron chi connectivity index (χ2n) is 10.4. The van der Waals surface area contributed by atoms with Crippen molar-refractivity contribution in [1.29, 1.82) is 0 Å². The molecule has 3 amide bonds. The van der Waals surface area contributed by atoms with Gasteiger partial charge in [0.25, 0.3) is 0 Å². The number of nitrogens with two attached hydrogens (primary N) is 2. The molecule has 7 nitrogen and oxygen atoms in total. The van der Waals surface area contributed by atoms with E-state index in [1.807, 2.05) is 34.5 Å². The molecule has 4 rings (SSSR count). The van der Waals surface area contributed by atoms with Crippen molar-refractivity contribution in [2.45, 2.75) is 63.8 Å². The fourth-order valence-corrected chi connectivity index (χ4v) is 6.36. The topological polar surface area (TPSA) is 119 Å². The predicted octanol–water partition coefficient (Wildman–Crippen LogP) is 3.80. The van der Waals surface area contributed by atoms with E-state index in [-0.39, 0.29) is 37.7 Å². The van der Waals surface area contributed by atoms with Crippen LogP contribution in [0.4, 0.5) is 0 Å². The Hall–Kier alpha value is -2.07. The standard InChI is InChI=1S/C28H38N4O3S.ClH.H2S/c29-24(17-23-7-4-16-36-23)26(34)32-14-12-28(13-15-32,18-20-8-10-22(11-9-20)25(30)33)27(35)31-19-21-5-2-1-3-6-21;;/h4,7-11,16,21,24H,1-3,5-6,12-15,17-19,29H2,(H2,30,33)(H,31,35);1H;1H2/t24-;;/m0../s1. The summed E-state index contributed by atoms with van der Waals surface area (Å²) in [5.74, 6) is 0.103. The van der Waals surface area contributed by atoms with Gasteiger partial charge < -0.3 is 21.7 Å². The number of hydrogen-bond acceptors (Lipinski definition) is 5. The van der Waals surface area contributed by atoms with Crippen molar-refractivity contribution in [2.75, 3.05) is 19.6 Å². The average molecular weight is 581 g/mol. The van der Waals surface area contributed by atoms with Gasteiger partial charge in [0.2, 0.25) is 17.7 Å². The Balaban J connectivity index is 0.00000253. The minimum absolute atomic E-state index is 0. The zero-order valence-corrected chi connectivity index (χ0v) is 24.5. The molecule has 1 saturated carbocycles. The highest BCUT2D eigenvalue weighted by Crippen LogP contribution is 2.36. The smallest absolute Gasteiger partial charge is 0.248 e. The number of carbonyl (C=O) groups excluding carboxylic acids is 3. The van der Waals surface area contributed by atoms with E-state index in [1.54, 1.807) is 23.5 Å². The van der Waals surface area contributed by atoms with E-state index < -0.39 is 17.4 Å². The lowest BCUT2D eigenvalue weighted by atomic mass is 9.72. The second kappa shape index (κ2) is 14.9. The van der Waals surface area contributed by atoms with Gasteiger partial charge in [-0.05, 0) is 67.2 Å². The summed E-state index contributed by atoms with van der Waals surface area (Å²) in [4.78, 5) is 41.1. The molecule has 210 valence electrons. The number of primary amides is 1. The van der Waals surface area contributed by atoms with E-state index in [2.05, 4.69) is 5.32 Å². The van der Waals surface area contributed by atoms with Gasteiger partial charge in [-0.3, -0.25) is 14.4 Å². The van der Waals surface area contributed by atoms with Crippen molar-refractivity contribution in [3.8, 4) is 0 Å². The summed E-state index contributed by atoms with van der Waals surface area (Å²) in [6, 6.07) is 10.6. The molecule has 0 radical (unpaired) electrons. The maximum atomic E-state index is 13.7. The van der Waals surface area contributed by atoms with Crippen LogP contribution in [0, 0.1) is 11.3 Å². The highest BCUT2D eigenvalue weighted by molar-refractivity contribution is 7.59. The first-order chi connectivity index (χ1) is 17.4. The summed E-state index contributed by atoms with van der Waals surface area (Å²) in [5.41, 5.74) is 12.5. The fraction of sp³-hybridized carbons (Fsp3) is 0.536. The minimum atomic E-state index is -0.600. The maximum Gasteiger partial charge on any atom is 0.248 e. The molecule has 2 fully saturated rings. The van der Waals surface area contributed by atoms with Crippen molar-refractivity contribution in [1.82, 2.24) is 10.2 Å². The van der Waals surface area contributed by atoms with E-state index in [0.717, 1.165) is 17.0 Å². The summed E-state index contributed by atoms with van der Waals surface area (Å²) in [5, 5.41) is 5.26. The van der Waals surface area contributed by atoms with Crippen LogP contribution in [0.3, 0.4) is 0 Å². The van der Waals surface area contributed by atoms with Gasteiger partial charge in [-0.1, -0.05) is 37.5 Å². The van der Waals surface area contributed by atoms with Crippen molar-refractivity contribution < 1.29 is 14.4 Å². The van der Waals surface area contributed by atoms with Crippen LogP contribution in [0.15, 0.2) is 41.8 Å². The maximum absolute atomic E-state index is 13.7. The number of halogens is 1. The van der Waals surface area contributed by atoms with E-state index in [0.29, 0.717) is 50.3 Å². The zero-order chi connectivity index (χ0) is 25.5. The molecule has 1 aliphatic carbocycles. The molecular formula is C28H41ClN4O3S2. The molecule has 2 aliphatic rings. The fourth-order valence-electron chi connectivity index (χ4n) is 5.60. The summed E-state index contributed by atoms with van der Waals surface area (Å²) >= 11 is 1.61. The summed E-state index contributed by atoms with van der Waals surface area (Å²) in [7, 11) is 0. The highest BCUT2D eigenvalue weighted by atomic mass is 35.5. The van der Waals surface area contributed by atoms with Crippen LogP contribution >= 0.6 is 37.2 Å². The van der Waals surface area contributed by atoms with Crippen molar-refractivity contribution in [3.63, 3.8) is 0 Å². The molecule has 0 bridgehead atoms. The number of carbonyl (C=O) groups is 3. The summed E-state index contributed by atoms with van der Waals surface area (Å²) < 4.78 is 0. The Kier molecular flexibility index (Phi) is 12.6. The van der Waals surface area contributed by atoms with Crippen molar-refractivity contribution >= 4 is 55.0 Å². The predicted molar refractivity (Wildman–Crippen MR) is 160 cm³/mol. The van der Waals surface area contributed by atoms with Gasteiger partial charge in [0.1, 0.15) is 0 Å². The molecule has 1 aliphatic heterocycles. The van der Waals surface area contributed by atoms with Gasteiger partial charge in [-0.15, -0.1) is 23.7 Å². The molecule has 1 saturated heterocycles. The number of thiophene rings is 1. The molecule has 1 aromatic heterocycles. The molecule has 5 N–H and O–H groups in total. The van der Waals surface area contributed by atoms with Crippen LogP contribution in [0.25, 0.3) is 0 Å². The number of amides is 3. The Morgan fingerprint density at radius 2 is 1.71 bits per heavy atom. The lowest BCUT2D eigenvalue weighted by Gasteiger charge is -2.42. The lowest BCUT2D eigenvalue weighted by molar-refractivity contribution is -0.141. The molecule has 2 aromatic rings. The SMILES string of the molecule is Cl.NC(=O)c1ccc(CC2(C(=O)NCC3CCCCC3)CCN(C(=O)[C@@H](N)Cc3cccs3)CC2)cc1.S. The molecule has 10 heteroatoms. The first-order valence-corrected chi connectivity index (χ1v) is 14.0. The van der Waals surface area contributed by atoms with E-state index >= 15 is 0 Å². The third-order valence-corrected chi connectivity index (χ3v) is 8.79. The zero-order valence-electron chi connectivity index (χ0n) is 21.8. The second-order valence-corrected chi connectivity index (χ2v) is 11.5. The lowest BCUT2D eigenvalue weighted by Crippen LogP contribution is -2.54. The van der Waals surface area contributed by atoms with Crippen LogP contribution in [0.2, 0.25) is 0 Å². The monoisotopic (exact) mass is 580 g/mol. The molecule has 0 spiro atoms. The largest absolute Gasteiger partial charge is 0.366 e. The molecule has 1 atom stereocenters. The van der Waals surface area contributed by atoms with Gasteiger partial charge in [0, 0.05) is 36.5 Å².